The zero-order valence-corrected chi connectivity index (χ0v) is 12.4. The van der Waals surface area contributed by atoms with Gasteiger partial charge in [-0.25, -0.2) is 9.78 Å². The Morgan fingerprint density at radius 2 is 2.25 bits per heavy atom. The Morgan fingerprint density at radius 3 is 2.75 bits per heavy atom. The van der Waals surface area contributed by atoms with Gasteiger partial charge in [0, 0.05) is 6.20 Å². The van der Waals surface area contributed by atoms with Crippen LogP contribution in [0.25, 0.3) is 0 Å². The fourth-order valence-corrected chi connectivity index (χ4v) is 1.68. The van der Waals surface area contributed by atoms with Gasteiger partial charge in [-0.3, -0.25) is 0 Å². The molecule has 0 aromatic carbocycles. The Balaban J connectivity index is 2.63. The van der Waals surface area contributed by atoms with Crippen LogP contribution in [0.15, 0.2) is 12.3 Å². The fraction of sp³-hybridized carbons (Fsp3) is 0.538. The summed E-state index contributed by atoms with van der Waals surface area (Å²) in [6.07, 6.45) is 0.946. The number of hydrogen-bond donors (Lipinski definition) is 2. The van der Waals surface area contributed by atoms with Crippen molar-refractivity contribution in [2.75, 3.05) is 6.61 Å². The molecule has 1 rings (SSSR count). The number of ether oxygens (including phenoxy) is 1. The topological polar surface area (TPSA) is 71.5 Å². The zero-order valence-electron chi connectivity index (χ0n) is 11.6. The van der Waals surface area contributed by atoms with Crippen LogP contribution in [0, 0.1) is 5.95 Å². The van der Waals surface area contributed by atoms with E-state index in [0.29, 0.717) is 5.56 Å². The minimum absolute atomic E-state index is 0.101. The highest BCUT2D eigenvalue weighted by molar-refractivity contribution is 6.30. The number of nitrogens with one attached hydrogen (secondary N) is 1. The van der Waals surface area contributed by atoms with E-state index in [4.69, 9.17) is 16.3 Å². The summed E-state index contributed by atoms with van der Waals surface area (Å²) in [5, 5.41) is 11.7. The van der Waals surface area contributed by atoms with E-state index < -0.39 is 23.7 Å². The van der Waals surface area contributed by atoms with Gasteiger partial charge in [-0.15, -0.1) is 0 Å². The maximum atomic E-state index is 12.9. The van der Waals surface area contributed by atoms with E-state index in [1.807, 2.05) is 0 Å². The van der Waals surface area contributed by atoms with Crippen LogP contribution in [0.2, 0.25) is 5.02 Å². The third kappa shape index (κ3) is 5.71. The summed E-state index contributed by atoms with van der Waals surface area (Å²) < 4.78 is 18.0. The lowest BCUT2D eigenvalue weighted by Crippen LogP contribution is -2.42. The van der Waals surface area contributed by atoms with Gasteiger partial charge in [0.15, 0.2) is 0 Å². The summed E-state index contributed by atoms with van der Waals surface area (Å²) in [7, 11) is 0. The predicted molar refractivity (Wildman–Crippen MR) is 73.2 cm³/mol. The van der Waals surface area contributed by atoms with Crippen molar-refractivity contribution in [3.8, 4) is 0 Å². The number of carbonyl (C=O) groups excluding carboxylic acids is 1. The van der Waals surface area contributed by atoms with Crippen molar-refractivity contribution >= 4 is 17.7 Å². The molecule has 0 bridgehead atoms. The third-order valence-electron chi connectivity index (χ3n) is 2.28. The van der Waals surface area contributed by atoms with Gasteiger partial charge < -0.3 is 15.2 Å². The molecule has 0 saturated heterocycles. The summed E-state index contributed by atoms with van der Waals surface area (Å²) in [5.74, 6) is -0.754. The normalized spacial score (nSPS) is 12.9. The monoisotopic (exact) mass is 304 g/mol. The first kappa shape index (κ1) is 16.7. The van der Waals surface area contributed by atoms with Crippen molar-refractivity contribution in [3.05, 3.63) is 28.8 Å². The predicted octanol–water partition coefficient (Wildman–Crippen LogP) is 2.30. The maximum absolute atomic E-state index is 12.9. The maximum Gasteiger partial charge on any atom is 0.407 e. The molecule has 2 N–H and O–H groups in total. The van der Waals surface area contributed by atoms with Gasteiger partial charge in [-0.05, 0) is 38.8 Å². The molecule has 1 aromatic heterocycles. The quantitative estimate of drug-likeness (QED) is 0.837. The van der Waals surface area contributed by atoms with Gasteiger partial charge in [-0.1, -0.05) is 11.6 Å². The molecule has 1 amide bonds. The van der Waals surface area contributed by atoms with Crippen molar-refractivity contribution in [3.63, 3.8) is 0 Å². The molecule has 20 heavy (non-hydrogen) atoms. The highest BCUT2D eigenvalue weighted by Crippen LogP contribution is 2.15. The molecule has 0 radical (unpaired) electrons. The van der Waals surface area contributed by atoms with E-state index in [2.05, 4.69) is 10.3 Å². The molecule has 7 heteroatoms. The molecule has 0 saturated carbocycles. The highest BCUT2D eigenvalue weighted by atomic mass is 35.5. The average molecular weight is 305 g/mol. The third-order valence-corrected chi connectivity index (χ3v) is 2.54. The average Bonchev–Trinajstić information content (AvgIpc) is 2.30. The number of aromatic nitrogens is 1. The van der Waals surface area contributed by atoms with Gasteiger partial charge in [0.25, 0.3) is 0 Å². The summed E-state index contributed by atoms with van der Waals surface area (Å²) in [4.78, 5) is 15.1. The Bertz CT molecular complexity index is 477. The second-order valence-corrected chi connectivity index (χ2v) is 5.75. The van der Waals surface area contributed by atoms with Crippen molar-refractivity contribution in [1.82, 2.24) is 10.3 Å². The standard InChI is InChI=1S/C13H18ClFN2O3/c1-13(2,3)20-12(19)17-9(7-18)4-8-5-10(14)11(15)16-6-8/h5-6,9,18H,4,7H2,1-3H3,(H,17,19). The van der Waals surface area contributed by atoms with Crippen LogP contribution < -0.4 is 5.32 Å². The number of pyridine rings is 1. The highest BCUT2D eigenvalue weighted by Gasteiger charge is 2.19. The molecule has 1 heterocycles. The van der Waals surface area contributed by atoms with Crippen LogP contribution in [-0.4, -0.2) is 34.4 Å². The molecule has 0 aliphatic rings. The van der Waals surface area contributed by atoms with Crippen LogP contribution >= 0.6 is 11.6 Å². The van der Waals surface area contributed by atoms with E-state index in [-0.39, 0.29) is 18.1 Å². The van der Waals surface area contributed by atoms with E-state index in [0.717, 1.165) is 0 Å². The molecule has 112 valence electrons. The van der Waals surface area contributed by atoms with Crippen LogP contribution in [-0.2, 0) is 11.2 Å². The van der Waals surface area contributed by atoms with E-state index >= 15 is 0 Å². The largest absolute Gasteiger partial charge is 0.444 e. The lowest BCUT2D eigenvalue weighted by atomic mass is 10.1. The molecule has 0 fully saturated rings. The van der Waals surface area contributed by atoms with Crippen LogP contribution in [0.1, 0.15) is 26.3 Å². The molecule has 5 nitrogen and oxygen atoms in total. The minimum Gasteiger partial charge on any atom is -0.444 e. The van der Waals surface area contributed by atoms with Gasteiger partial charge in [0.1, 0.15) is 5.60 Å². The smallest absolute Gasteiger partial charge is 0.407 e. The Kier molecular flexibility index (Phi) is 5.71. The first-order valence-electron chi connectivity index (χ1n) is 6.11. The molecule has 1 unspecified atom stereocenters. The molecular weight excluding hydrogens is 287 g/mol. The number of aliphatic hydroxyl groups excluding tert-OH is 1. The summed E-state index contributed by atoms with van der Waals surface area (Å²) in [6.45, 7) is 4.94. The van der Waals surface area contributed by atoms with Crippen LogP contribution in [0.4, 0.5) is 9.18 Å². The minimum atomic E-state index is -0.754. The summed E-state index contributed by atoms with van der Waals surface area (Å²) in [5.41, 5.74) is -0.0170. The molecular formula is C13H18ClFN2O3. The first-order chi connectivity index (χ1) is 9.21. The van der Waals surface area contributed by atoms with Crippen LogP contribution in [0.3, 0.4) is 0 Å². The SMILES string of the molecule is CC(C)(C)OC(=O)NC(CO)Cc1cnc(F)c(Cl)c1. The number of nitrogens with zero attached hydrogens (tertiary/aromatic N) is 1. The Morgan fingerprint density at radius 1 is 1.60 bits per heavy atom. The van der Waals surface area contributed by atoms with Gasteiger partial charge >= 0.3 is 6.09 Å². The fourth-order valence-electron chi connectivity index (χ4n) is 1.49. The van der Waals surface area contributed by atoms with Crippen molar-refractivity contribution in [1.29, 1.82) is 0 Å². The number of halogens is 2. The number of alkyl carbamates (subject to hydrolysis) is 1. The van der Waals surface area contributed by atoms with E-state index in [9.17, 15) is 14.3 Å². The Hall–Kier alpha value is -1.40. The molecule has 0 aliphatic heterocycles. The number of amides is 1. The van der Waals surface area contributed by atoms with Crippen molar-refractivity contribution in [2.24, 2.45) is 0 Å². The summed E-state index contributed by atoms with van der Waals surface area (Å²) in [6, 6.07) is 0.844. The molecule has 1 aromatic rings. The number of hydrogen-bond acceptors (Lipinski definition) is 4. The van der Waals surface area contributed by atoms with Gasteiger partial charge in [0.2, 0.25) is 5.95 Å². The number of rotatable bonds is 4. The number of carbonyl (C=O) groups is 1. The van der Waals surface area contributed by atoms with E-state index in [1.165, 1.54) is 12.3 Å². The summed E-state index contributed by atoms with van der Waals surface area (Å²) >= 11 is 5.62. The second-order valence-electron chi connectivity index (χ2n) is 5.35. The zero-order chi connectivity index (χ0) is 15.3. The molecule has 0 spiro atoms. The first-order valence-corrected chi connectivity index (χ1v) is 6.49. The second kappa shape index (κ2) is 6.85. The lowest BCUT2D eigenvalue weighted by Gasteiger charge is -2.22. The molecule has 1 atom stereocenters. The Labute approximate surface area is 122 Å². The number of aliphatic hydroxyl groups is 1. The lowest BCUT2D eigenvalue weighted by molar-refractivity contribution is 0.0483. The van der Waals surface area contributed by atoms with E-state index in [1.54, 1.807) is 20.8 Å². The van der Waals surface area contributed by atoms with Gasteiger partial charge in [0.05, 0.1) is 17.7 Å². The van der Waals surface area contributed by atoms with Gasteiger partial charge in [-0.2, -0.15) is 4.39 Å². The van der Waals surface area contributed by atoms with Crippen molar-refractivity contribution in [2.45, 2.75) is 38.8 Å². The van der Waals surface area contributed by atoms with Crippen LogP contribution in [0.5, 0.6) is 0 Å². The van der Waals surface area contributed by atoms with Crippen molar-refractivity contribution < 1.29 is 19.0 Å². The molecule has 0 aliphatic carbocycles.